The van der Waals surface area contributed by atoms with E-state index in [-0.39, 0.29) is 31.5 Å². The average molecular weight is 377 g/mol. The van der Waals surface area contributed by atoms with Gasteiger partial charge in [0.25, 0.3) is 5.91 Å². The molecule has 2 aromatic rings. The Kier molecular flexibility index (Phi) is 7.29. The Labute approximate surface area is 157 Å². The first kappa shape index (κ1) is 19.6. The maximum Gasteiger partial charge on any atom is 0.258 e. The molecule has 0 saturated heterocycles. The second-order valence-electron chi connectivity index (χ2n) is 5.44. The standard InChI is InChI=1S/C19H21ClN2O4/c1-14(23)22(17-12-15(20)8-9-18(17)25-2)11-10-21-19(24)13-26-16-6-4-3-5-7-16/h3-9,12H,10-11,13H2,1-2H3,(H,21,24). The number of hydrogen-bond donors (Lipinski definition) is 1. The fourth-order valence-electron chi connectivity index (χ4n) is 2.35. The summed E-state index contributed by atoms with van der Waals surface area (Å²) in [6.45, 7) is 1.90. The minimum Gasteiger partial charge on any atom is -0.495 e. The Balaban J connectivity index is 1.90. The average Bonchev–Trinajstić information content (AvgIpc) is 2.64. The number of para-hydroxylation sites is 1. The van der Waals surface area contributed by atoms with Gasteiger partial charge in [-0.15, -0.1) is 0 Å². The molecule has 138 valence electrons. The summed E-state index contributed by atoms with van der Waals surface area (Å²) in [5.74, 6) is 0.704. The highest BCUT2D eigenvalue weighted by molar-refractivity contribution is 6.31. The molecule has 0 aliphatic rings. The van der Waals surface area contributed by atoms with E-state index in [0.29, 0.717) is 22.2 Å². The van der Waals surface area contributed by atoms with Gasteiger partial charge in [-0.1, -0.05) is 29.8 Å². The SMILES string of the molecule is COc1ccc(Cl)cc1N(CCNC(=O)COc1ccccc1)C(C)=O. The fourth-order valence-corrected chi connectivity index (χ4v) is 2.51. The Hall–Kier alpha value is -2.73. The number of carbonyl (C=O) groups excluding carboxylic acids is 2. The van der Waals surface area contributed by atoms with Crippen molar-refractivity contribution in [2.45, 2.75) is 6.92 Å². The van der Waals surface area contributed by atoms with E-state index in [4.69, 9.17) is 21.1 Å². The number of carbonyl (C=O) groups is 2. The summed E-state index contributed by atoms with van der Waals surface area (Å²) in [4.78, 5) is 25.4. The molecule has 0 heterocycles. The van der Waals surface area contributed by atoms with Gasteiger partial charge in [0.1, 0.15) is 11.5 Å². The molecule has 0 unspecified atom stereocenters. The van der Waals surface area contributed by atoms with Gasteiger partial charge in [0.2, 0.25) is 5.91 Å². The second-order valence-corrected chi connectivity index (χ2v) is 5.87. The molecule has 0 spiro atoms. The van der Waals surface area contributed by atoms with E-state index in [0.717, 1.165) is 0 Å². The van der Waals surface area contributed by atoms with Gasteiger partial charge < -0.3 is 19.7 Å². The first-order valence-corrected chi connectivity index (χ1v) is 8.45. The van der Waals surface area contributed by atoms with Crippen molar-refractivity contribution in [1.29, 1.82) is 0 Å². The van der Waals surface area contributed by atoms with Gasteiger partial charge in [0.15, 0.2) is 6.61 Å². The first-order valence-electron chi connectivity index (χ1n) is 8.07. The number of nitrogens with one attached hydrogen (secondary N) is 1. The number of ether oxygens (including phenoxy) is 2. The number of amides is 2. The van der Waals surface area contributed by atoms with E-state index >= 15 is 0 Å². The first-order chi connectivity index (χ1) is 12.5. The summed E-state index contributed by atoms with van der Waals surface area (Å²) < 4.78 is 10.7. The summed E-state index contributed by atoms with van der Waals surface area (Å²) in [7, 11) is 1.52. The molecule has 0 atom stereocenters. The predicted octanol–water partition coefficient (Wildman–Crippen LogP) is 2.90. The van der Waals surface area contributed by atoms with E-state index in [1.807, 2.05) is 18.2 Å². The molecule has 1 N–H and O–H groups in total. The van der Waals surface area contributed by atoms with Crippen molar-refractivity contribution in [1.82, 2.24) is 5.32 Å². The molecule has 6 nitrogen and oxygen atoms in total. The zero-order chi connectivity index (χ0) is 18.9. The molecule has 2 rings (SSSR count). The van der Waals surface area contributed by atoms with Gasteiger partial charge in [-0.2, -0.15) is 0 Å². The molecule has 26 heavy (non-hydrogen) atoms. The maximum atomic E-state index is 12.0. The van der Waals surface area contributed by atoms with Crippen molar-refractivity contribution in [3.8, 4) is 11.5 Å². The molecular weight excluding hydrogens is 356 g/mol. The summed E-state index contributed by atoms with van der Waals surface area (Å²) in [5, 5.41) is 3.22. The largest absolute Gasteiger partial charge is 0.495 e. The molecule has 0 aliphatic heterocycles. The summed E-state index contributed by atoms with van der Waals surface area (Å²) >= 11 is 6.03. The minimum atomic E-state index is -0.268. The number of halogens is 1. The third-order valence-corrected chi connectivity index (χ3v) is 3.82. The number of rotatable bonds is 8. The van der Waals surface area contributed by atoms with Gasteiger partial charge in [-0.05, 0) is 30.3 Å². The van der Waals surface area contributed by atoms with Crippen molar-refractivity contribution in [2.75, 3.05) is 31.7 Å². The van der Waals surface area contributed by atoms with Crippen molar-refractivity contribution < 1.29 is 19.1 Å². The second kappa shape index (κ2) is 9.68. The van der Waals surface area contributed by atoms with Crippen LogP contribution in [0.2, 0.25) is 5.02 Å². The number of anilines is 1. The number of hydrogen-bond acceptors (Lipinski definition) is 4. The summed E-state index contributed by atoms with van der Waals surface area (Å²) in [6, 6.07) is 14.1. The molecule has 0 fully saturated rings. The lowest BCUT2D eigenvalue weighted by molar-refractivity contribution is -0.123. The monoisotopic (exact) mass is 376 g/mol. The van der Waals surface area contributed by atoms with Crippen LogP contribution in [0.15, 0.2) is 48.5 Å². The minimum absolute atomic E-state index is 0.0927. The Morgan fingerprint density at radius 2 is 1.88 bits per heavy atom. The van der Waals surface area contributed by atoms with Crippen LogP contribution in [0.3, 0.4) is 0 Å². The Morgan fingerprint density at radius 3 is 2.54 bits per heavy atom. The van der Waals surface area contributed by atoms with Crippen molar-refractivity contribution >= 4 is 29.1 Å². The normalized spacial score (nSPS) is 10.1. The lowest BCUT2D eigenvalue weighted by Crippen LogP contribution is -2.39. The zero-order valence-electron chi connectivity index (χ0n) is 14.7. The van der Waals surface area contributed by atoms with Crippen LogP contribution in [-0.2, 0) is 9.59 Å². The van der Waals surface area contributed by atoms with E-state index in [9.17, 15) is 9.59 Å². The molecule has 0 aliphatic carbocycles. The van der Waals surface area contributed by atoms with Gasteiger partial charge in [-0.25, -0.2) is 0 Å². The zero-order valence-corrected chi connectivity index (χ0v) is 15.5. The van der Waals surface area contributed by atoms with E-state index < -0.39 is 0 Å². The fraction of sp³-hybridized carbons (Fsp3) is 0.263. The number of benzene rings is 2. The molecule has 0 aromatic heterocycles. The molecule has 0 bridgehead atoms. The van der Waals surface area contributed by atoms with Crippen LogP contribution in [0, 0.1) is 0 Å². The smallest absolute Gasteiger partial charge is 0.258 e. The van der Waals surface area contributed by atoms with Gasteiger partial charge in [0, 0.05) is 25.0 Å². The number of methoxy groups -OCH3 is 1. The van der Waals surface area contributed by atoms with Crippen molar-refractivity contribution in [2.24, 2.45) is 0 Å². The van der Waals surface area contributed by atoms with Crippen LogP contribution >= 0.6 is 11.6 Å². The highest BCUT2D eigenvalue weighted by Crippen LogP contribution is 2.31. The topological polar surface area (TPSA) is 67.9 Å². The van der Waals surface area contributed by atoms with Crippen LogP contribution in [-0.4, -0.2) is 38.6 Å². The van der Waals surface area contributed by atoms with Crippen LogP contribution in [0.4, 0.5) is 5.69 Å². The third kappa shape index (κ3) is 5.67. The third-order valence-electron chi connectivity index (χ3n) is 3.58. The highest BCUT2D eigenvalue weighted by Gasteiger charge is 2.17. The Morgan fingerprint density at radius 1 is 1.15 bits per heavy atom. The van der Waals surface area contributed by atoms with Crippen LogP contribution in [0.5, 0.6) is 11.5 Å². The molecular formula is C19H21ClN2O4. The number of nitrogens with zero attached hydrogens (tertiary/aromatic N) is 1. The highest BCUT2D eigenvalue weighted by atomic mass is 35.5. The van der Waals surface area contributed by atoms with Crippen molar-refractivity contribution in [3.63, 3.8) is 0 Å². The quantitative estimate of drug-likeness (QED) is 0.769. The predicted molar refractivity (Wildman–Crippen MR) is 101 cm³/mol. The Bertz CT molecular complexity index is 752. The molecule has 7 heteroatoms. The molecule has 2 amide bonds. The van der Waals surface area contributed by atoms with E-state index in [1.165, 1.54) is 18.9 Å². The van der Waals surface area contributed by atoms with Gasteiger partial charge in [0.05, 0.1) is 12.8 Å². The van der Waals surface area contributed by atoms with E-state index in [2.05, 4.69) is 5.32 Å². The summed E-state index contributed by atoms with van der Waals surface area (Å²) in [5.41, 5.74) is 0.558. The lowest BCUT2D eigenvalue weighted by Gasteiger charge is -2.23. The lowest BCUT2D eigenvalue weighted by atomic mass is 10.2. The molecule has 0 saturated carbocycles. The van der Waals surface area contributed by atoms with Gasteiger partial charge >= 0.3 is 0 Å². The van der Waals surface area contributed by atoms with Crippen molar-refractivity contribution in [3.05, 3.63) is 53.6 Å². The van der Waals surface area contributed by atoms with Crippen LogP contribution < -0.4 is 19.7 Å². The molecule has 2 aromatic carbocycles. The van der Waals surface area contributed by atoms with Crippen LogP contribution in [0.1, 0.15) is 6.92 Å². The van der Waals surface area contributed by atoms with Gasteiger partial charge in [-0.3, -0.25) is 9.59 Å². The maximum absolute atomic E-state index is 12.0. The summed E-state index contributed by atoms with van der Waals surface area (Å²) in [6.07, 6.45) is 0. The van der Waals surface area contributed by atoms with Crippen LogP contribution in [0.25, 0.3) is 0 Å². The molecule has 0 radical (unpaired) electrons. The van der Waals surface area contributed by atoms with E-state index in [1.54, 1.807) is 30.3 Å².